The number of aryl methyl sites for hydroxylation is 1. The number of benzene rings is 1. The first kappa shape index (κ1) is 19.5. The fourth-order valence-corrected chi connectivity index (χ4v) is 4.66. The van der Waals surface area contributed by atoms with Crippen LogP contribution in [0.2, 0.25) is 0 Å². The minimum absolute atomic E-state index is 0.0981. The van der Waals surface area contributed by atoms with Crippen LogP contribution in [0.1, 0.15) is 23.4 Å². The summed E-state index contributed by atoms with van der Waals surface area (Å²) in [6.07, 6.45) is 1.62. The molecule has 2 aliphatic rings. The molecule has 0 radical (unpaired) electrons. The molecule has 0 unspecified atom stereocenters. The van der Waals surface area contributed by atoms with E-state index in [0.717, 1.165) is 16.8 Å². The van der Waals surface area contributed by atoms with Crippen LogP contribution in [0.3, 0.4) is 0 Å². The summed E-state index contributed by atoms with van der Waals surface area (Å²) in [5.74, 6) is 0.728. The van der Waals surface area contributed by atoms with Crippen LogP contribution in [-0.2, 0) is 34.2 Å². The van der Waals surface area contributed by atoms with Gasteiger partial charge >= 0.3 is 6.01 Å². The summed E-state index contributed by atoms with van der Waals surface area (Å²) in [5, 5.41) is 0. The lowest BCUT2D eigenvalue weighted by Gasteiger charge is -2.25. The maximum absolute atomic E-state index is 12.9. The molecule has 0 saturated carbocycles. The molecular weight excluding hydrogens is 396 g/mol. The van der Waals surface area contributed by atoms with E-state index in [2.05, 4.69) is 19.7 Å². The van der Waals surface area contributed by atoms with Crippen molar-refractivity contribution in [3.8, 4) is 6.01 Å². The van der Waals surface area contributed by atoms with Gasteiger partial charge in [-0.15, -0.1) is 0 Å². The summed E-state index contributed by atoms with van der Waals surface area (Å²) in [5.41, 5.74) is 2.68. The van der Waals surface area contributed by atoms with Crippen molar-refractivity contribution in [2.45, 2.75) is 30.7 Å². The van der Waals surface area contributed by atoms with Gasteiger partial charge in [0.15, 0.2) is 5.82 Å². The molecule has 1 N–H and O–H groups in total. The smallest absolute Gasteiger partial charge is 0.321 e. The van der Waals surface area contributed by atoms with Gasteiger partial charge in [-0.05, 0) is 36.1 Å². The van der Waals surface area contributed by atoms with E-state index >= 15 is 0 Å². The van der Waals surface area contributed by atoms with Gasteiger partial charge in [-0.2, -0.15) is 15.0 Å². The number of sulfonamides is 1. The Hall–Kier alpha value is -2.79. The number of rotatable bonds is 6. The van der Waals surface area contributed by atoms with E-state index in [9.17, 15) is 13.2 Å². The number of ether oxygens (including phenoxy) is 1. The van der Waals surface area contributed by atoms with Crippen molar-refractivity contribution in [2.75, 3.05) is 37.5 Å². The maximum atomic E-state index is 12.9. The fraction of sp³-hybridized carbons (Fsp3) is 0.444. The minimum Gasteiger partial charge on any atom is -0.467 e. The number of anilines is 2. The Labute approximate surface area is 169 Å². The van der Waals surface area contributed by atoms with Gasteiger partial charge in [-0.3, -0.25) is 4.79 Å². The van der Waals surface area contributed by atoms with E-state index in [0.29, 0.717) is 31.8 Å². The monoisotopic (exact) mass is 418 g/mol. The summed E-state index contributed by atoms with van der Waals surface area (Å²) in [7, 11) is 1.20. The highest BCUT2D eigenvalue weighted by Gasteiger charge is 2.32. The Morgan fingerprint density at radius 3 is 2.55 bits per heavy atom. The molecule has 29 heavy (non-hydrogen) atoms. The second-order valence-corrected chi connectivity index (χ2v) is 8.91. The lowest BCUT2D eigenvalue weighted by Crippen LogP contribution is -2.33. The molecule has 1 aromatic carbocycles. The predicted octanol–water partition coefficient (Wildman–Crippen LogP) is 0.260. The second kappa shape index (κ2) is 7.23. The molecule has 0 saturated heterocycles. The van der Waals surface area contributed by atoms with Crippen LogP contribution in [0.4, 0.5) is 11.6 Å². The molecule has 3 heterocycles. The second-order valence-electron chi connectivity index (χ2n) is 7.14. The number of nitrogens with zero attached hydrogens (tertiary/aromatic N) is 5. The number of nitrogens with one attached hydrogen (secondary N) is 1. The number of hydrogen-bond donors (Lipinski definition) is 1. The Kier molecular flexibility index (Phi) is 4.87. The van der Waals surface area contributed by atoms with Crippen LogP contribution in [0.5, 0.6) is 6.01 Å². The fourth-order valence-electron chi connectivity index (χ4n) is 3.58. The van der Waals surface area contributed by atoms with Crippen LogP contribution >= 0.6 is 0 Å². The third kappa shape index (κ3) is 3.62. The first-order chi connectivity index (χ1) is 13.8. The van der Waals surface area contributed by atoms with Gasteiger partial charge in [-0.1, -0.05) is 0 Å². The van der Waals surface area contributed by atoms with Crippen molar-refractivity contribution < 1.29 is 17.9 Å². The van der Waals surface area contributed by atoms with Gasteiger partial charge in [0.05, 0.1) is 24.2 Å². The number of amides is 1. The molecule has 10 nitrogen and oxygen atoms in total. The van der Waals surface area contributed by atoms with Gasteiger partial charge < -0.3 is 14.5 Å². The first-order valence-electron chi connectivity index (χ1n) is 9.20. The van der Waals surface area contributed by atoms with Crippen LogP contribution in [0, 0.1) is 0 Å². The average Bonchev–Trinajstić information content (AvgIpc) is 3.14. The predicted molar refractivity (Wildman–Crippen MR) is 106 cm³/mol. The number of methoxy groups -OCH3 is 1. The van der Waals surface area contributed by atoms with Crippen LogP contribution in [-0.4, -0.2) is 57.0 Å². The lowest BCUT2D eigenvalue weighted by molar-refractivity contribution is -0.118. The number of carbonyl (C=O) groups excluding carboxylic acids is 1. The maximum Gasteiger partial charge on any atom is 0.321 e. The average molecular weight is 418 g/mol. The van der Waals surface area contributed by atoms with Gasteiger partial charge in [0.25, 0.3) is 0 Å². The molecule has 1 aromatic heterocycles. The van der Waals surface area contributed by atoms with E-state index in [1.807, 2.05) is 0 Å². The highest BCUT2D eigenvalue weighted by atomic mass is 32.2. The summed E-state index contributed by atoms with van der Waals surface area (Å²) in [4.78, 5) is 28.2. The topological polar surface area (TPSA) is 118 Å². The SMILES string of the molecule is COc1nc(CNS(=O)(=O)c2cc3c4c(c2)CCN4C(=O)CC3)nc(N(C)C)n1. The summed E-state index contributed by atoms with van der Waals surface area (Å²) in [6.45, 7) is 0.509. The third-order valence-corrected chi connectivity index (χ3v) is 6.37. The van der Waals surface area contributed by atoms with Crippen molar-refractivity contribution in [3.63, 3.8) is 0 Å². The summed E-state index contributed by atoms with van der Waals surface area (Å²) in [6, 6.07) is 3.43. The van der Waals surface area contributed by atoms with Gasteiger partial charge in [0.1, 0.15) is 0 Å². The Morgan fingerprint density at radius 2 is 1.86 bits per heavy atom. The first-order valence-corrected chi connectivity index (χ1v) is 10.7. The molecule has 154 valence electrons. The molecule has 2 aromatic rings. The van der Waals surface area contributed by atoms with Crippen molar-refractivity contribution in [2.24, 2.45) is 0 Å². The quantitative estimate of drug-likeness (QED) is 0.710. The van der Waals surface area contributed by atoms with Gasteiger partial charge in [0.2, 0.25) is 21.9 Å². The normalized spacial score (nSPS) is 15.4. The Bertz CT molecular complexity index is 1090. The van der Waals surface area contributed by atoms with Crippen molar-refractivity contribution in [1.29, 1.82) is 0 Å². The Morgan fingerprint density at radius 1 is 1.14 bits per heavy atom. The molecule has 0 bridgehead atoms. The van der Waals surface area contributed by atoms with Crippen molar-refractivity contribution in [1.82, 2.24) is 19.7 Å². The largest absolute Gasteiger partial charge is 0.467 e. The third-order valence-electron chi connectivity index (χ3n) is 4.99. The molecule has 0 fully saturated rings. The molecule has 2 aliphatic heterocycles. The highest BCUT2D eigenvalue weighted by molar-refractivity contribution is 7.89. The van der Waals surface area contributed by atoms with E-state index in [-0.39, 0.29) is 29.2 Å². The van der Waals surface area contributed by atoms with Crippen LogP contribution in [0.25, 0.3) is 0 Å². The van der Waals surface area contributed by atoms with Gasteiger partial charge in [0, 0.05) is 27.1 Å². The number of hydrogen-bond acceptors (Lipinski definition) is 8. The zero-order valence-electron chi connectivity index (χ0n) is 16.5. The number of aromatic nitrogens is 3. The van der Waals surface area contributed by atoms with E-state index in [1.165, 1.54) is 7.11 Å². The minimum atomic E-state index is -3.78. The highest BCUT2D eigenvalue weighted by Crippen LogP contribution is 2.38. The molecule has 4 rings (SSSR count). The molecule has 0 atom stereocenters. The van der Waals surface area contributed by atoms with Crippen LogP contribution in [0.15, 0.2) is 17.0 Å². The molecular formula is C18H22N6O4S. The summed E-state index contributed by atoms with van der Waals surface area (Å²) < 4.78 is 33.4. The Balaban J connectivity index is 1.59. The summed E-state index contributed by atoms with van der Waals surface area (Å²) >= 11 is 0. The molecule has 0 aliphatic carbocycles. The molecule has 0 spiro atoms. The van der Waals surface area contributed by atoms with Crippen molar-refractivity contribution in [3.05, 3.63) is 29.1 Å². The van der Waals surface area contributed by atoms with Gasteiger partial charge in [-0.25, -0.2) is 13.1 Å². The standard InChI is InChI=1S/C18H22N6O4S/c1-23(2)17-20-14(21-18(22-17)28-3)10-19-29(26,27)13-8-11-4-5-15(25)24-7-6-12(9-13)16(11)24/h8-9,19H,4-7,10H2,1-3H3. The lowest BCUT2D eigenvalue weighted by atomic mass is 10.00. The molecule has 11 heteroatoms. The van der Waals surface area contributed by atoms with E-state index in [1.54, 1.807) is 36.0 Å². The van der Waals surface area contributed by atoms with Crippen molar-refractivity contribution >= 4 is 27.6 Å². The van der Waals surface area contributed by atoms with E-state index < -0.39 is 10.0 Å². The molecule has 1 amide bonds. The van der Waals surface area contributed by atoms with Crippen LogP contribution < -0.4 is 19.3 Å². The zero-order valence-corrected chi connectivity index (χ0v) is 17.3. The number of carbonyl (C=O) groups is 1. The van der Waals surface area contributed by atoms with E-state index in [4.69, 9.17) is 4.74 Å². The zero-order chi connectivity index (χ0) is 20.8.